The van der Waals surface area contributed by atoms with E-state index in [0.29, 0.717) is 13.1 Å². The molecule has 3 rings (SSSR count). The van der Waals surface area contributed by atoms with Crippen molar-refractivity contribution in [3.63, 3.8) is 0 Å². The normalized spacial score (nSPS) is 25.5. The summed E-state index contributed by atoms with van der Waals surface area (Å²) in [7, 11) is 0. The zero-order valence-corrected chi connectivity index (χ0v) is 13.1. The molecule has 2 atom stereocenters. The molecule has 2 aliphatic rings. The molecule has 3 nitrogen and oxygen atoms in total. The number of hydrogen-bond acceptors (Lipinski definition) is 2. The van der Waals surface area contributed by atoms with Crippen LogP contribution in [0.1, 0.15) is 37.7 Å². The van der Waals surface area contributed by atoms with Gasteiger partial charge in [-0.1, -0.05) is 31.4 Å². The van der Waals surface area contributed by atoms with E-state index < -0.39 is 0 Å². The molecule has 1 amide bonds. The maximum absolute atomic E-state index is 12.8. The van der Waals surface area contributed by atoms with Gasteiger partial charge in [0, 0.05) is 13.1 Å². The zero-order valence-electron chi connectivity index (χ0n) is 13.1. The molecule has 4 heteroatoms. The average molecular weight is 304 g/mol. The van der Waals surface area contributed by atoms with E-state index in [1.807, 2.05) is 0 Å². The number of nitrogens with one attached hydrogen (secondary N) is 1. The Morgan fingerprint density at radius 3 is 2.64 bits per heavy atom. The van der Waals surface area contributed by atoms with Crippen LogP contribution in [0.4, 0.5) is 4.39 Å². The Morgan fingerprint density at radius 2 is 1.86 bits per heavy atom. The van der Waals surface area contributed by atoms with Gasteiger partial charge in [-0.2, -0.15) is 0 Å². The van der Waals surface area contributed by atoms with E-state index in [-0.39, 0.29) is 11.7 Å². The molecule has 0 spiro atoms. The van der Waals surface area contributed by atoms with Gasteiger partial charge in [0.25, 0.3) is 0 Å². The van der Waals surface area contributed by atoms with Crippen LogP contribution >= 0.6 is 0 Å². The Morgan fingerprint density at radius 1 is 1.14 bits per heavy atom. The highest BCUT2D eigenvalue weighted by atomic mass is 19.1. The minimum Gasteiger partial charge on any atom is -0.351 e. The van der Waals surface area contributed by atoms with Gasteiger partial charge in [0.05, 0.1) is 6.54 Å². The summed E-state index contributed by atoms with van der Waals surface area (Å²) in [5.74, 6) is 1.52. The average Bonchev–Trinajstić information content (AvgIpc) is 2.54. The van der Waals surface area contributed by atoms with Crippen LogP contribution in [-0.4, -0.2) is 30.4 Å². The lowest BCUT2D eigenvalue weighted by atomic mass is 9.75. The highest BCUT2D eigenvalue weighted by Crippen LogP contribution is 2.35. The maximum atomic E-state index is 12.8. The van der Waals surface area contributed by atoms with Gasteiger partial charge >= 0.3 is 0 Å². The predicted molar refractivity (Wildman–Crippen MR) is 84.8 cm³/mol. The summed E-state index contributed by atoms with van der Waals surface area (Å²) in [5, 5.41) is 2.93. The number of rotatable bonds is 4. The van der Waals surface area contributed by atoms with Crippen molar-refractivity contribution in [1.82, 2.24) is 10.2 Å². The molecule has 0 unspecified atom stereocenters. The quantitative estimate of drug-likeness (QED) is 0.927. The summed E-state index contributed by atoms with van der Waals surface area (Å²) in [6.45, 7) is 3.09. The van der Waals surface area contributed by atoms with Crippen molar-refractivity contribution in [1.29, 1.82) is 0 Å². The van der Waals surface area contributed by atoms with E-state index in [9.17, 15) is 9.18 Å². The number of fused-ring (bicyclic) bond motifs is 1. The van der Waals surface area contributed by atoms with Gasteiger partial charge in [0.2, 0.25) is 5.91 Å². The van der Waals surface area contributed by atoms with Crippen LogP contribution in [-0.2, 0) is 11.3 Å². The van der Waals surface area contributed by atoms with Gasteiger partial charge < -0.3 is 5.32 Å². The van der Waals surface area contributed by atoms with Crippen LogP contribution in [0, 0.1) is 17.7 Å². The molecule has 1 aliphatic carbocycles. The van der Waals surface area contributed by atoms with Gasteiger partial charge in [0.1, 0.15) is 5.82 Å². The second-order valence-corrected chi connectivity index (χ2v) is 6.73. The standard InChI is InChI=1S/C18H25FN2O/c19-17-7-5-14(6-8-17)11-20-18(22)13-21-10-9-15-3-1-2-4-16(15)12-21/h5-8,15-16H,1-4,9-13H2,(H,20,22)/t15-,16+/m1/s1. The first-order valence-electron chi connectivity index (χ1n) is 8.44. The highest BCUT2D eigenvalue weighted by molar-refractivity contribution is 5.78. The van der Waals surface area contributed by atoms with Crippen LogP contribution in [0.15, 0.2) is 24.3 Å². The number of likely N-dealkylation sites (tertiary alicyclic amines) is 1. The van der Waals surface area contributed by atoms with Gasteiger partial charge in [-0.25, -0.2) is 4.39 Å². The van der Waals surface area contributed by atoms with Crippen LogP contribution in [0.2, 0.25) is 0 Å². The molecule has 1 N–H and O–H groups in total. The van der Waals surface area contributed by atoms with Crippen molar-refractivity contribution in [2.75, 3.05) is 19.6 Å². The summed E-state index contributed by atoms with van der Waals surface area (Å²) in [6.07, 6.45) is 6.70. The molecule has 0 bridgehead atoms. The number of piperidine rings is 1. The van der Waals surface area contributed by atoms with Crippen LogP contribution < -0.4 is 5.32 Å². The van der Waals surface area contributed by atoms with E-state index in [0.717, 1.165) is 30.5 Å². The summed E-state index contributed by atoms with van der Waals surface area (Å²) >= 11 is 0. The van der Waals surface area contributed by atoms with E-state index in [4.69, 9.17) is 0 Å². The van der Waals surface area contributed by atoms with Crippen molar-refractivity contribution in [2.24, 2.45) is 11.8 Å². The van der Waals surface area contributed by atoms with Crippen LogP contribution in [0.3, 0.4) is 0 Å². The van der Waals surface area contributed by atoms with Gasteiger partial charge in [-0.05, 0) is 48.9 Å². The summed E-state index contributed by atoms with van der Waals surface area (Å²) in [5.41, 5.74) is 0.931. The Kier molecular flexibility index (Phi) is 5.08. The molecule has 1 saturated carbocycles. The first kappa shape index (κ1) is 15.5. The second-order valence-electron chi connectivity index (χ2n) is 6.73. The molecular formula is C18H25FN2O. The maximum Gasteiger partial charge on any atom is 0.234 e. The number of carbonyl (C=O) groups excluding carboxylic acids is 1. The Bertz CT molecular complexity index is 502. The summed E-state index contributed by atoms with van der Waals surface area (Å²) in [6, 6.07) is 6.27. The fraction of sp³-hybridized carbons (Fsp3) is 0.611. The molecule has 0 aromatic heterocycles. The molecule has 1 aromatic carbocycles. The lowest BCUT2D eigenvalue weighted by Gasteiger charge is -2.41. The third kappa shape index (κ3) is 4.07. The molecule has 1 aromatic rings. The number of carbonyl (C=O) groups is 1. The Labute approximate surface area is 131 Å². The van der Waals surface area contributed by atoms with Crippen molar-refractivity contribution in [3.05, 3.63) is 35.6 Å². The monoisotopic (exact) mass is 304 g/mol. The third-order valence-corrected chi connectivity index (χ3v) is 5.15. The van der Waals surface area contributed by atoms with E-state index in [2.05, 4.69) is 10.2 Å². The molecular weight excluding hydrogens is 279 g/mol. The molecule has 1 saturated heterocycles. The molecule has 0 radical (unpaired) electrons. The summed E-state index contributed by atoms with van der Waals surface area (Å²) in [4.78, 5) is 14.4. The molecule has 2 fully saturated rings. The fourth-order valence-corrected chi connectivity index (χ4v) is 3.88. The lowest BCUT2D eigenvalue weighted by Crippen LogP contribution is -2.46. The fourth-order valence-electron chi connectivity index (χ4n) is 3.88. The minimum absolute atomic E-state index is 0.0681. The van der Waals surface area contributed by atoms with Crippen molar-refractivity contribution in [2.45, 2.75) is 38.6 Å². The minimum atomic E-state index is -0.245. The first-order chi connectivity index (χ1) is 10.7. The molecule has 22 heavy (non-hydrogen) atoms. The molecule has 120 valence electrons. The number of hydrogen-bond donors (Lipinski definition) is 1. The van der Waals surface area contributed by atoms with Crippen LogP contribution in [0.5, 0.6) is 0 Å². The number of benzene rings is 1. The molecule has 1 heterocycles. The van der Waals surface area contributed by atoms with Crippen LogP contribution in [0.25, 0.3) is 0 Å². The largest absolute Gasteiger partial charge is 0.351 e. The van der Waals surface area contributed by atoms with Crippen molar-refractivity contribution < 1.29 is 9.18 Å². The summed E-state index contributed by atoms with van der Waals surface area (Å²) < 4.78 is 12.8. The number of nitrogens with zero attached hydrogens (tertiary/aromatic N) is 1. The molecule has 1 aliphatic heterocycles. The van der Waals surface area contributed by atoms with Gasteiger partial charge in [-0.15, -0.1) is 0 Å². The van der Waals surface area contributed by atoms with E-state index in [1.165, 1.54) is 44.2 Å². The Hall–Kier alpha value is -1.42. The topological polar surface area (TPSA) is 32.3 Å². The highest BCUT2D eigenvalue weighted by Gasteiger charge is 2.31. The number of halogens is 1. The third-order valence-electron chi connectivity index (χ3n) is 5.15. The predicted octanol–water partition coefficient (Wildman–Crippen LogP) is 2.95. The zero-order chi connectivity index (χ0) is 15.4. The first-order valence-corrected chi connectivity index (χ1v) is 8.44. The number of amides is 1. The van der Waals surface area contributed by atoms with E-state index >= 15 is 0 Å². The van der Waals surface area contributed by atoms with Crippen molar-refractivity contribution >= 4 is 5.91 Å². The Balaban J connectivity index is 1.42. The van der Waals surface area contributed by atoms with Crippen molar-refractivity contribution in [3.8, 4) is 0 Å². The van der Waals surface area contributed by atoms with Gasteiger partial charge in [0.15, 0.2) is 0 Å². The SMILES string of the molecule is O=C(CN1CC[C@H]2CCCC[C@H]2C1)NCc1ccc(F)cc1. The second kappa shape index (κ2) is 7.23. The van der Waals surface area contributed by atoms with Gasteiger partial charge in [-0.3, -0.25) is 9.69 Å². The lowest BCUT2D eigenvalue weighted by molar-refractivity contribution is -0.123. The smallest absolute Gasteiger partial charge is 0.234 e. The van der Waals surface area contributed by atoms with E-state index in [1.54, 1.807) is 12.1 Å².